The number of anilines is 1. The predicted octanol–water partition coefficient (Wildman–Crippen LogP) is 3.06. The van der Waals surface area contributed by atoms with Crippen LogP contribution in [0, 0.1) is 0 Å². The number of aliphatic imine (C=N–C) groups is 1. The van der Waals surface area contributed by atoms with Gasteiger partial charge in [0.1, 0.15) is 5.84 Å². The molecule has 0 spiro atoms. The van der Waals surface area contributed by atoms with E-state index < -0.39 is 0 Å². The number of hydrogen-bond donors (Lipinski definition) is 0. The minimum atomic E-state index is 0.810. The van der Waals surface area contributed by atoms with Gasteiger partial charge >= 0.3 is 0 Å². The smallest absolute Gasteiger partial charge is 0.105 e. The first-order chi connectivity index (χ1) is 10.3. The third kappa shape index (κ3) is 3.56. The number of morpholine rings is 1. The second-order valence-electron chi connectivity index (χ2n) is 5.85. The minimum absolute atomic E-state index is 0.810. The molecule has 2 saturated heterocycles. The molecule has 4 nitrogen and oxygen atoms in total. The van der Waals surface area contributed by atoms with Crippen LogP contribution in [0.2, 0.25) is 0 Å². The topological polar surface area (TPSA) is 28.1 Å². The van der Waals surface area contributed by atoms with Gasteiger partial charge in [0, 0.05) is 33.1 Å². The summed E-state index contributed by atoms with van der Waals surface area (Å²) in [4.78, 5) is 9.71. The van der Waals surface area contributed by atoms with Crippen molar-refractivity contribution in [3.05, 3.63) is 24.3 Å². The summed E-state index contributed by atoms with van der Waals surface area (Å²) in [6, 6.07) is 8.50. The molecule has 4 heteroatoms. The van der Waals surface area contributed by atoms with Crippen molar-refractivity contribution in [3.8, 4) is 0 Å². The first-order valence-corrected chi connectivity index (χ1v) is 8.05. The number of nitrogens with zero attached hydrogens (tertiary/aromatic N) is 3. The first-order valence-electron chi connectivity index (χ1n) is 8.05. The molecule has 3 rings (SSSR count). The van der Waals surface area contributed by atoms with Crippen LogP contribution >= 0.6 is 0 Å². The number of likely N-dealkylation sites (tertiary alicyclic amines) is 1. The maximum atomic E-state index is 5.46. The molecule has 2 aliphatic heterocycles. The van der Waals surface area contributed by atoms with Crippen molar-refractivity contribution in [2.75, 3.05) is 44.8 Å². The Bertz CT molecular complexity index is 495. The molecule has 0 aliphatic carbocycles. The van der Waals surface area contributed by atoms with Gasteiger partial charge < -0.3 is 14.5 Å². The molecule has 1 aromatic rings. The molecular formula is C17H25N3O. The Morgan fingerprint density at radius 2 is 1.81 bits per heavy atom. The molecule has 1 aromatic carbocycles. The Hall–Kier alpha value is -1.55. The van der Waals surface area contributed by atoms with Gasteiger partial charge in [0.2, 0.25) is 0 Å². The molecule has 0 aromatic heterocycles. The van der Waals surface area contributed by atoms with Crippen LogP contribution in [0.1, 0.15) is 25.7 Å². The van der Waals surface area contributed by atoms with Crippen molar-refractivity contribution in [2.24, 2.45) is 4.99 Å². The summed E-state index contributed by atoms with van der Waals surface area (Å²) >= 11 is 0. The van der Waals surface area contributed by atoms with Gasteiger partial charge in [-0.05, 0) is 25.0 Å². The number of rotatable bonds is 2. The number of ether oxygens (including phenoxy) is 1. The molecule has 2 aliphatic rings. The minimum Gasteiger partial charge on any atom is -0.378 e. The molecule has 0 radical (unpaired) electrons. The fraction of sp³-hybridized carbons (Fsp3) is 0.588. The Morgan fingerprint density at radius 1 is 1.00 bits per heavy atom. The largest absolute Gasteiger partial charge is 0.378 e. The summed E-state index contributed by atoms with van der Waals surface area (Å²) < 4.78 is 5.46. The van der Waals surface area contributed by atoms with Crippen LogP contribution in [0.25, 0.3) is 0 Å². The number of amidine groups is 1. The van der Waals surface area contributed by atoms with E-state index >= 15 is 0 Å². The number of para-hydroxylation sites is 2. The van der Waals surface area contributed by atoms with E-state index in [1.54, 1.807) is 0 Å². The molecule has 0 unspecified atom stereocenters. The normalized spacial score (nSPS) is 22.4. The maximum Gasteiger partial charge on any atom is 0.105 e. The molecule has 0 atom stereocenters. The Labute approximate surface area is 127 Å². The number of hydrogen-bond acceptors (Lipinski definition) is 3. The van der Waals surface area contributed by atoms with Gasteiger partial charge in [-0.2, -0.15) is 0 Å². The molecule has 0 bridgehead atoms. The summed E-state index contributed by atoms with van der Waals surface area (Å²) in [5.74, 6) is 1.23. The monoisotopic (exact) mass is 287 g/mol. The van der Waals surface area contributed by atoms with Crippen molar-refractivity contribution < 1.29 is 4.74 Å². The quantitative estimate of drug-likeness (QED) is 0.837. The first kappa shape index (κ1) is 14.4. The van der Waals surface area contributed by atoms with Crippen molar-refractivity contribution in [1.29, 1.82) is 0 Å². The van der Waals surface area contributed by atoms with Crippen LogP contribution in [-0.2, 0) is 4.74 Å². The van der Waals surface area contributed by atoms with E-state index in [-0.39, 0.29) is 0 Å². The molecule has 21 heavy (non-hydrogen) atoms. The molecule has 0 amide bonds. The van der Waals surface area contributed by atoms with Gasteiger partial charge in [-0.1, -0.05) is 18.6 Å². The van der Waals surface area contributed by atoms with Crippen molar-refractivity contribution >= 4 is 17.2 Å². The molecule has 2 heterocycles. The lowest BCUT2D eigenvalue weighted by Crippen LogP contribution is -2.36. The molecule has 2 fully saturated rings. The second kappa shape index (κ2) is 6.94. The van der Waals surface area contributed by atoms with E-state index in [2.05, 4.69) is 41.1 Å². The zero-order valence-corrected chi connectivity index (χ0v) is 12.9. The standard InChI is InChI=1S/C17H25N3O/c1-19-10-6-2-3-9-17(19)18-15-7-4-5-8-16(15)20-11-13-21-14-12-20/h4-5,7-8H,2-3,6,9-14H2,1H3. The summed E-state index contributed by atoms with van der Waals surface area (Å²) in [5.41, 5.74) is 2.34. The van der Waals surface area contributed by atoms with Crippen molar-refractivity contribution in [2.45, 2.75) is 25.7 Å². The highest BCUT2D eigenvalue weighted by Gasteiger charge is 2.16. The van der Waals surface area contributed by atoms with Gasteiger partial charge in [0.05, 0.1) is 24.6 Å². The van der Waals surface area contributed by atoms with Crippen LogP contribution in [0.5, 0.6) is 0 Å². The van der Waals surface area contributed by atoms with Crippen LogP contribution < -0.4 is 4.90 Å². The summed E-state index contributed by atoms with van der Waals surface area (Å²) in [6.45, 7) is 4.66. The average molecular weight is 287 g/mol. The second-order valence-corrected chi connectivity index (χ2v) is 5.85. The van der Waals surface area contributed by atoms with E-state index in [0.29, 0.717) is 0 Å². The third-order valence-corrected chi connectivity index (χ3v) is 4.32. The third-order valence-electron chi connectivity index (χ3n) is 4.32. The van der Waals surface area contributed by atoms with Gasteiger partial charge in [-0.15, -0.1) is 0 Å². The van der Waals surface area contributed by atoms with E-state index in [0.717, 1.165) is 45.0 Å². The Balaban J connectivity index is 1.87. The van der Waals surface area contributed by atoms with E-state index in [1.807, 2.05) is 0 Å². The zero-order chi connectivity index (χ0) is 14.5. The van der Waals surface area contributed by atoms with Gasteiger partial charge in [0.25, 0.3) is 0 Å². The highest BCUT2D eigenvalue weighted by molar-refractivity contribution is 5.87. The zero-order valence-electron chi connectivity index (χ0n) is 12.9. The lowest BCUT2D eigenvalue weighted by Gasteiger charge is -2.30. The van der Waals surface area contributed by atoms with Crippen LogP contribution in [-0.4, -0.2) is 50.6 Å². The molecule has 0 N–H and O–H groups in total. The van der Waals surface area contributed by atoms with E-state index in [1.165, 1.54) is 30.8 Å². The highest BCUT2D eigenvalue weighted by atomic mass is 16.5. The fourth-order valence-corrected chi connectivity index (χ4v) is 3.04. The maximum absolute atomic E-state index is 5.46. The summed E-state index contributed by atoms with van der Waals surface area (Å²) in [7, 11) is 2.17. The molecule has 0 saturated carbocycles. The fourth-order valence-electron chi connectivity index (χ4n) is 3.04. The van der Waals surface area contributed by atoms with E-state index in [9.17, 15) is 0 Å². The van der Waals surface area contributed by atoms with Gasteiger partial charge in [-0.3, -0.25) is 0 Å². The van der Waals surface area contributed by atoms with Gasteiger partial charge in [-0.25, -0.2) is 4.99 Å². The lowest BCUT2D eigenvalue weighted by molar-refractivity contribution is 0.123. The number of benzene rings is 1. The highest BCUT2D eigenvalue weighted by Crippen LogP contribution is 2.30. The predicted molar refractivity (Wildman–Crippen MR) is 87.7 cm³/mol. The Kier molecular flexibility index (Phi) is 4.76. The summed E-state index contributed by atoms with van der Waals surface area (Å²) in [6.07, 6.45) is 4.94. The average Bonchev–Trinajstić information content (AvgIpc) is 2.74. The molecular weight excluding hydrogens is 262 g/mol. The van der Waals surface area contributed by atoms with Crippen molar-refractivity contribution in [1.82, 2.24) is 4.90 Å². The van der Waals surface area contributed by atoms with Gasteiger partial charge in [0.15, 0.2) is 0 Å². The summed E-state index contributed by atoms with van der Waals surface area (Å²) in [5, 5.41) is 0. The molecule has 114 valence electrons. The van der Waals surface area contributed by atoms with Crippen LogP contribution in [0.4, 0.5) is 11.4 Å². The SMILES string of the molecule is CN1CCCCCC1=Nc1ccccc1N1CCOCC1. The van der Waals surface area contributed by atoms with Crippen LogP contribution in [0.3, 0.4) is 0 Å². The lowest BCUT2D eigenvalue weighted by atomic mass is 10.2. The van der Waals surface area contributed by atoms with Crippen LogP contribution in [0.15, 0.2) is 29.3 Å². The van der Waals surface area contributed by atoms with Crippen molar-refractivity contribution in [3.63, 3.8) is 0 Å². The van der Waals surface area contributed by atoms with E-state index in [4.69, 9.17) is 9.73 Å². The Morgan fingerprint density at radius 3 is 2.67 bits per heavy atom.